The van der Waals surface area contributed by atoms with Crippen molar-refractivity contribution in [1.82, 2.24) is 0 Å². The van der Waals surface area contributed by atoms with Crippen molar-refractivity contribution >= 4 is 0 Å². The van der Waals surface area contributed by atoms with E-state index in [-0.39, 0.29) is 0 Å². The van der Waals surface area contributed by atoms with E-state index in [9.17, 15) is 0 Å². The molecule has 0 radical (unpaired) electrons. The van der Waals surface area contributed by atoms with Gasteiger partial charge in [0.15, 0.2) is 0 Å². The first-order valence-corrected chi connectivity index (χ1v) is 9.08. The van der Waals surface area contributed by atoms with E-state index in [1.807, 2.05) is 0 Å². The Hall–Kier alpha value is -0.0800. The van der Waals surface area contributed by atoms with E-state index in [1.54, 1.807) is 0 Å². The summed E-state index contributed by atoms with van der Waals surface area (Å²) < 4.78 is 12.3. The Morgan fingerprint density at radius 2 is 1.70 bits per heavy atom. The first kappa shape index (κ1) is 16.3. The Bertz CT molecular complexity index is 244. The highest BCUT2D eigenvalue weighted by Crippen LogP contribution is 2.37. The molecule has 0 N–H and O–H groups in total. The van der Waals surface area contributed by atoms with Crippen molar-refractivity contribution in [1.29, 1.82) is 0 Å². The molecule has 0 spiro atoms. The summed E-state index contributed by atoms with van der Waals surface area (Å²) in [4.78, 5) is 0. The third kappa shape index (κ3) is 4.73. The van der Waals surface area contributed by atoms with Crippen LogP contribution in [0.15, 0.2) is 0 Å². The van der Waals surface area contributed by atoms with Crippen LogP contribution >= 0.6 is 0 Å². The molecule has 4 atom stereocenters. The first-order valence-electron chi connectivity index (χ1n) is 9.08. The van der Waals surface area contributed by atoms with E-state index in [1.165, 1.54) is 64.2 Å². The Balaban J connectivity index is 1.74. The molecular formula is C18H34O2. The van der Waals surface area contributed by atoms with Crippen molar-refractivity contribution < 1.29 is 9.47 Å². The van der Waals surface area contributed by atoms with Crippen LogP contribution in [0.2, 0.25) is 0 Å². The zero-order valence-corrected chi connectivity index (χ0v) is 13.6. The SMILES string of the molecule is CCCCCC1COC(C2CCCCC2CCC)CO1. The van der Waals surface area contributed by atoms with Gasteiger partial charge < -0.3 is 9.47 Å². The average Bonchev–Trinajstić information content (AvgIpc) is 2.49. The van der Waals surface area contributed by atoms with Gasteiger partial charge in [0, 0.05) is 0 Å². The zero-order valence-electron chi connectivity index (χ0n) is 13.6. The minimum Gasteiger partial charge on any atom is -0.373 e. The summed E-state index contributed by atoms with van der Waals surface area (Å²) in [5.74, 6) is 1.65. The van der Waals surface area contributed by atoms with Crippen LogP contribution in [-0.2, 0) is 9.47 Å². The molecule has 1 saturated carbocycles. The van der Waals surface area contributed by atoms with E-state index in [0.29, 0.717) is 12.2 Å². The van der Waals surface area contributed by atoms with Gasteiger partial charge in [-0.05, 0) is 24.7 Å². The molecule has 0 amide bonds. The lowest BCUT2D eigenvalue weighted by molar-refractivity contribution is -0.163. The van der Waals surface area contributed by atoms with Crippen molar-refractivity contribution in [3.8, 4) is 0 Å². The number of hydrogen-bond acceptors (Lipinski definition) is 2. The van der Waals surface area contributed by atoms with Gasteiger partial charge in [0.25, 0.3) is 0 Å². The quantitative estimate of drug-likeness (QED) is 0.615. The smallest absolute Gasteiger partial charge is 0.0840 e. The van der Waals surface area contributed by atoms with Crippen molar-refractivity contribution in [2.24, 2.45) is 11.8 Å². The number of hydrogen-bond donors (Lipinski definition) is 0. The number of ether oxygens (including phenoxy) is 2. The Morgan fingerprint density at radius 1 is 0.850 bits per heavy atom. The van der Waals surface area contributed by atoms with Crippen LogP contribution in [0.3, 0.4) is 0 Å². The summed E-state index contributed by atoms with van der Waals surface area (Å²) in [5, 5.41) is 0. The lowest BCUT2D eigenvalue weighted by Crippen LogP contribution is -2.43. The summed E-state index contributed by atoms with van der Waals surface area (Å²) in [6, 6.07) is 0. The van der Waals surface area contributed by atoms with Gasteiger partial charge in [-0.3, -0.25) is 0 Å². The maximum Gasteiger partial charge on any atom is 0.0840 e. The maximum absolute atomic E-state index is 6.21. The minimum absolute atomic E-state index is 0.367. The predicted molar refractivity (Wildman–Crippen MR) is 84.0 cm³/mol. The second-order valence-electron chi connectivity index (χ2n) is 6.82. The molecule has 1 heterocycles. The molecule has 4 unspecified atom stereocenters. The first-order chi connectivity index (χ1) is 9.85. The summed E-state index contributed by atoms with van der Waals surface area (Å²) in [6.07, 6.45) is 14.1. The van der Waals surface area contributed by atoms with Crippen LogP contribution in [0.5, 0.6) is 0 Å². The summed E-state index contributed by atoms with van der Waals surface area (Å²) in [6.45, 7) is 6.25. The topological polar surface area (TPSA) is 18.5 Å². The van der Waals surface area contributed by atoms with Crippen molar-refractivity contribution in [2.75, 3.05) is 13.2 Å². The third-order valence-corrected chi connectivity index (χ3v) is 5.23. The van der Waals surface area contributed by atoms with Gasteiger partial charge >= 0.3 is 0 Å². The molecule has 118 valence electrons. The zero-order chi connectivity index (χ0) is 14.2. The number of rotatable bonds is 7. The van der Waals surface area contributed by atoms with E-state index >= 15 is 0 Å². The van der Waals surface area contributed by atoms with E-state index in [4.69, 9.17) is 9.47 Å². The van der Waals surface area contributed by atoms with Gasteiger partial charge in [0.1, 0.15) is 0 Å². The van der Waals surface area contributed by atoms with Gasteiger partial charge in [-0.2, -0.15) is 0 Å². The summed E-state index contributed by atoms with van der Waals surface area (Å²) >= 11 is 0. The van der Waals surface area contributed by atoms with Gasteiger partial charge in [0.2, 0.25) is 0 Å². The molecule has 0 aromatic heterocycles. The molecule has 2 rings (SSSR count). The fourth-order valence-electron chi connectivity index (χ4n) is 4.05. The maximum atomic E-state index is 6.21. The Kier molecular flexibility index (Phi) is 7.37. The van der Waals surface area contributed by atoms with Crippen molar-refractivity contribution in [3.05, 3.63) is 0 Å². The van der Waals surface area contributed by atoms with Gasteiger partial charge in [-0.25, -0.2) is 0 Å². The lowest BCUT2D eigenvalue weighted by atomic mass is 9.74. The second-order valence-corrected chi connectivity index (χ2v) is 6.82. The molecule has 2 heteroatoms. The fraction of sp³-hybridized carbons (Fsp3) is 1.00. The third-order valence-electron chi connectivity index (χ3n) is 5.23. The van der Waals surface area contributed by atoms with Crippen LogP contribution in [0, 0.1) is 11.8 Å². The highest BCUT2D eigenvalue weighted by atomic mass is 16.6. The molecule has 2 fully saturated rings. The normalized spacial score (nSPS) is 35.1. The Labute approximate surface area is 125 Å². The van der Waals surface area contributed by atoms with Gasteiger partial charge in [0.05, 0.1) is 25.4 Å². The van der Waals surface area contributed by atoms with E-state index < -0.39 is 0 Å². The van der Waals surface area contributed by atoms with E-state index in [2.05, 4.69) is 13.8 Å². The van der Waals surface area contributed by atoms with Crippen molar-refractivity contribution in [2.45, 2.75) is 90.3 Å². The number of unbranched alkanes of at least 4 members (excludes halogenated alkanes) is 2. The molecule has 1 aliphatic carbocycles. The molecule has 0 aromatic rings. The van der Waals surface area contributed by atoms with Crippen LogP contribution in [-0.4, -0.2) is 25.4 Å². The van der Waals surface area contributed by atoms with Crippen LogP contribution in [0.4, 0.5) is 0 Å². The Morgan fingerprint density at radius 3 is 2.40 bits per heavy atom. The van der Waals surface area contributed by atoms with Gasteiger partial charge in [-0.1, -0.05) is 65.2 Å². The van der Waals surface area contributed by atoms with Gasteiger partial charge in [-0.15, -0.1) is 0 Å². The van der Waals surface area contributed by atoms with E-state index in [0.717, 1.165) is 25.0 Å². The molecule has 2 nitrogen and oxygen atoms in total. The van der Waals surface area contributed by atoms with Crippen LogP contribution < -0.4 is 0 Å². The standard InChI is InChI=1S/C18H34O2/c1-3-5-6-11-16-13-20-18(14-19-16)17-12-8-7-10-15(17)9-4-2/h15-18H,3-14H2,1-2H3. The monoisotopic (exact) mass is 282 g/mol. The molecular weight excluding hydrogens is 248 g/mol. The van der Waals surface area contributed by atoms with Crippen LogP contribution in [0.25, 0.3) is 0 Å². The molecule has 0 aromatic carbocycles. The van der Waals surface area contributed by atoms with Crippen molar-refractivity contribution in [3.63, 3.8) is 0 Å². The highest BCUT2D eigenvalue weighted by Gasteiger charge is 2.34. The van der Waals surface area contributed by atoms with Crippen LogP contribution in [0.1, 0.15) is 78.1 Å². The predicted octanol–water partition coefficient (Wildman–Crippen LogP) is 4.96. The second kappa shape index (κ2) is 9.04. The summed E-state index contributed by atoms with van der Waals surface area (Å²) in [7, 11) is 0. The molecule has 1 saturated heterocycles. The highest BCUT2D eigenvalue weighted by molar-refractivity contribution is 4.83. The molecule has 1 aliphatic heterocycles. The largest absolute Gasteiger partial charge is 0.373 e. The minimum atomic E-state index is 0.367. The fourth-order valence-corrected chi connectivity index (χ4v) is 4.05. The average molecular weight is 282 g/mol. The summed E-state index contributed by atoms with van der Waals surface area (Å²) in [5.41, 5.74) is 0. The molecule has 0 bridgehead atoms. The molecule has 20 heavy (non-hydrogen) atoms. The lowest BCUT2D eigenvalue weighted by Gasteiger charge is -2.40. The molecule has 2 aliphatic rings.